The van der Waals surface area contributed by atoms with Gasteiger partial charge in [0.25, 0.3) is 5.91 Å². The zero-order valence-electron chi connectivity index (χ0n) is 19.1. The summed E-state index contributed by atoms with van der Waals surface area (Å²) >= 11 is 1.41. The summed E-state index contributed by atoms with van der Waals surface area (Å²) in [6.07, 6.45) is 7.27. The van der Waals surface area contributed by atoms with E-state index in [9.17, 15) is 4.79 Å². The molecule has 6 nitrogen and oxygen atoms in total. The van der Waals surface area contributed by atoms with E-state index < -0.39 is 0 Å². The van der Waals surface area contributed by atoms with Crippen molar-refractivity contribution < 1.29 is 4.79 Å². The molecule has 0 atom stereocenters. The highest BCUT2D eigenvalue weighted by molar-refractivity contribution is 8.26. The van der Waals surface area contributed by atoms with Gasteiger partial charge in [-0.15, -0.1) is 0 Å². The van der Waals surface area contributed by atoms with Gasteiger partial charge in [0, 0.05) is 17.1 Å². The molecule has 1 aromatic carbocycles. The predicted octanol–water partition coefficient (Wildman–Crippen LogP) is 5.99. The van der Waals surface area contributed by atoms with Crippen LogP contribution < -0.4 is 0 Å². The topological polar surface area (TPSA) is 73.8 Å². The molecule has 0 aliphatic carbocycles. The van der Waals surface area contributed by atoms with E-state index >= 15 is 0 Å². The lowest BCUT2D eigenvalue weighted by atomic mass is 10.1. The van der Waals surface area contributed by atoms with Crippen LogP contribution in [0.25, 0.3) is 11.8 Å². The molecule has 2 aliphatic rings. The second kappa shape index (κ2) is 9.28. The van der Waals surface area contributed by atoms with Gasteiger partial charge in [-0.2, -0.15) is 15.1 Å². The number of nitrogens with one attached hydrogen (secondary N) is 1. The average Bonchev–Trinajstić information content (AvgIpc) is 3.29. The van der Waals surface area contributed by atoms with Gasteiger partial charge in [0.15, 0.2) is 5.84 Å². The maximum absolute atomic E-state index is 12.8. The molecule has 0 bridgehead atoms. The number of nitrogens with zero attached hydrogens (tertiary/aromatic N) is 4. The quantitative estimate of drug-likeness (QED) is 0.418. The zero-order valence-corrected chi connectivity index (χ0v) is 19.9. The number of para-hydroxylation sites is 1. The van der Waals surface area contributed by atoms with Crippen molar-refractivity contribution in [3.63, 3.8) is 0 Å². The predicted molar refractivity (Wildman–Crippen MR) is 134 cm³/mol. The second-order valence-corrected chi connectivity index (χ2v) is 9.31. The summed E-state index contributed by atoms with van der Waals surface area (Å²) in [5.41, 5.74) is 5.58. The number of aromatic nitrogens is 1. The van der Waals surface area contributed by atoms with E-state index in [0.717, 1.165) is 40.5 Å². The number of carbonyl (C=O) groups is 1. The molecule has 2 aromatic rings. The summed E-state index contributed by atoms with van der Waals surface area (Å²) < 4.78 is 2.19. The van der Waals surface area contributed by atoms with Gasteiger partial charge in [-0.05, 0) is 74.7 Å². The number of carbonyl (C=O) groups excluding carboxylic acids is 1. The van der Waals surface area contributed by atoms with Gasteiger partial charge in [0.05, 0.1) is 5.57 Å². The molecule has 1 N–H and O–H groups in total. The third-order valence-corrected chi connectivity index (χ3v) is 6.84. The minimum atomic E-state index is -0.378. The number of rotatable bonds is 7. The number of thioether (sulfide) groups is 1. The number of hydrogen-bond acceptors (Lipinski definition) is 4. The van der Waals surface area contributed by atoms with Crippen LogP contribution in [0.4, 0.5) is 0 Å². The van der Waals surface area contributed by atoms with Crippen LogP contribution >= 0.6 is 11.8 Å². The Morgan fingerprint density at radius 1 is 1.12 bits per heavy atom. The molecule has 32 heavy (non-hydrogen) atoms. The Hall–Kier alpha value is -2.93. The first-order valence-electron chi connectivity index (χ1n) is 11.1. The zero-order chi connectivity index (χ0) is 22.8. The van der Waals surface area contributed by atoms with Crippen molar-refractivity contribution in [3.8, 4) is 5.69 Å². The number of aryl methyl sites for hydroxylation is 2. The molecule has 0 radical (unpaired) electrons. The van der Waals surface area contributed by atoms with Gasteiger partial charge in [0.2, 0.25) is 5.17 Å². The van der Waals surface area contributed by atoms with Crippen LogP contribution in [0.2, 0.25) is 0 Å². The highest BCUT2D eigenvalue weighted by Gasteiger charge is 2.35. The molecule has 4 rings (SSSR count). The number of amidine groups is 2. The maximum atomic E-state index is 12.8. The van der Waals surface area contributed by atoms with Crippen molar-refractivity contribution >= 4 is 39.8 Å². The highest BCUT2D eigenvalue weighted by Crippen LogP contribution is 2.31. The van der Waals surface area contributed by atoms with Crippen LogP contribution in [0.1, 0.15) is 61.5 Å². The minimum Gasteiger partial charge on any atom is -0.318 e. The minimum absolute atomic E-state index is 0.0942. The Bertz CT molecular complexity index is 1170. The van der Waals surface area contributed by atoms with E-state index in [4.69, 9.17) is 5.41 Å². The number of hydrogen-bond donors (Lipinski definition) is 1. The molecular formula is C25H29N5OS. The Morgan fingerprint density at radius 2 is 1.91 bits per heavy atom. The lowest BCUT2D eigenvalue weighted by Gasteiger charge is -2.20. The standard InChI is InChI=1S/C25H29N5OS/c1-5-6-7-8-13-22-28-30-23(26)20(24(31)27-25(30)32-22)15-19-14-17(3)29(18(19)4)21-12-10-9-11-16(21)2/h9-12,14-15,26H,5-8,13H2,1-4H3/b20-15+,26-23?. The van der Waals surface area contributed by atoms with Crippen molar-refractivity contribution in [3.05, 3.63) is 58.4 Å². The number of aliphatic imine (C=N–C) groups is 1. The summed E-state index contributed by atoms with van der Waals surface area (Å²) in [4.78, 5) is 17.0. The van der Waals surface area contributed by atoms with Gasteiger partial charge in [-0.1, -0.05) is 44.4 Å². The van der Waals surface area contributed by atoms with Crippen molar-refractivity contribution in [2.45, 2.75) is 59.8 Å². The van der Waals surface area contributed by atoms with Crippen LogP contribution in [-0.2, 0) is 4.79 Å². The van der Waals surface area contributed by atoms with E-state index in [1.165, 1.54) is 41.6 Å². The Kier molecular flexibility index (Phi) is 6.46. The third kappa shape index (κ3) is 4.21. The van der Waals surface area contributed by atoms with Crippen molar-refractivity contribution in [2.75, 3.05) is 0 Å². The fraction of sp³-hybridized carbons (Fsp3) is 0.360. The van der Waals surface area contributed by atoms with E-state index in [-0.39, 0.29) is 17.3 Å². The molecule has 1 aromatic heterocycles. The first-order valence-corrected chi connectivity index (χ1v) is 12.0. The van der Waals surface area contributed by atoms with Crippen LogP contribution in [0.3, 0.4) is 0 Å². The summed E-state index contributed by atoms with van der Waals surface area (Å²) in [7, 11) is 0. The van der Waals surface area contributed by atoms with Crippen molar-refractivity contribution in [1.29, 1.82) is 5.41 Å². The SMILES string of the molecule is CCCCCCC1=NN2C(=N)/C(=C\c3cc(C)n(-c4ccccc4C)c3C)C(=O)N=C2S1. The van der Waals surface area contributed by atoms with Gasteiger partial charge in [-0.3, -0.25) is 10.2 Å². The van der Waals surface area contributed by atoms with Crippen molar-refractivity contribution in [1.82, 2.24) is 9.58 Å². The van der Waals surface area contributed by atoms with Gasteiger partial charge in [0.1, 0.15) is 5.04 Å². The number of unbranched alkanes of at least 4 members (excludes halogenated alkanes) is 3. The molecular weight excluding hydrogens is 418 g/mol. The van der Waals surface area contributed by atoms with Crippen LogP contribution in [0.15, 0.2) is 46.0 Å². The molecule has 2 aliphatic heterocycles. The van der Waals surface area contributed by atoms with E-state index in [1.54, 1.807) is 6.08 Å². The van der Waals surface area contributed by atoms with Crippen LogP contribution in [-0.4, -0.2) is 31.5 Å². The molecule has 0 saturated carbocycles. The number of fused-ring (bicyclic) bond motifs is 1. The first-order chi connectivity index (χ1) is 15.4. The molecule has 7 heteroatoms. The molecule has 0 fully saturated rings. The lowest BCUT2D eigenvalue weighted by Crippen LogP contribution is -2.35. The van der Waals surface area contributed by atoms with Gasteiger partial charge >= 0.3 is 0 Å². The smallest absolute Gasteiger partial charge is 0.283 e. The Balaban J connectivity index is 1.62. The summed E-state index contributed by atoms with van der Waals surface area (Å²) in [5.74, 6) is -0.284. The summed E-state index contributed by atoms with van der Waals surface area (Å²) in [5, 5.41) is 16.2. The van der Waals surface area contributed by atoms with E-state index in [0.29, 0.717) is 5.17 Å². The number of hydrazone groups is 1. The Labute approximate surface area is 193 Å². The molecule has 0 spiro atoms. The molecule has 0 saturated heterocycles. The Morgan fingerprint density at radius 3 is 2.66 bits per heavy atom. The van der Waals surface area contributed by atoms with E-state index in [2.05, 4.69) is 53.6 Å². The second-order valence-electron chi connectivity index (χ2n) is 8.27. The van der Waals surface area contributed by atoms with Gasteiger partial charge < -0.3 is 4.57 Å². The normalized spacial score (nSPS) is 17.1. The average molecular weight is 448 g/mol. The first kappa shape index (κ1) is 22.3. The molecule has 166 valence electrons. The number of amides is 1. The summed E-state index contributed by atoms with van der Waals surface area (Å²) in [6.45, 7) is 8.37. The van der Waals surface area contributed by atoms with Crippen molar-refractivity contribution in [2.24, 2.45) is 10.1 Å². The maximum Gasteiger partial charge on any atom is 0.283 e. The van der Waals surface area contributed by atoms with Gasteiger partial charge in [-0.25, -0.2) is 0 Å². The molecule has 1 amide bonds. The molecule has 3 heterocycles. The lowest BCUT2D eigenvalue weighted by molar-refractivity contribution is -0.114. The number of benzene rings is 1. The summed E-state index contributed by atoms with van der Waals surface area (Å²) in [6, 6.07) is 10.3. The highest BCUT2D eigenvalue weighted by atomic mass is 32.2. The monoisotopic (exact) mass is 447 g/mol. The molecule has 0 unspecified atom stereocenters. The fourth-order valence-corrected chi connectivity index (χ4v) is 5.04. The van der Waals surface area contributed by atoms with E-state index in [1.807, 2.05) is 19.1 Å². The van der Waals surface area contributed by atoms with Crippen LogP contribution in [0.5, 0.6) is 0 Å². The largest absolute Gasteiger partial charge is 0.318 e. The fourth-order valence-electron chi connectivity index (χ4n) is 4.11. The third-order valence-electron chi connectivity index (χ3n) is 5.87. The van der Waals surface area contributed by atoms with Crippen LogP contribution in [0, 0.1) is 26.2 Å².